The quantitative estimate of drug-likeness (QED) is 0.556. The molecule has 0 bridgehead atoms. The van der Waals surface area contributed by atoms with Gasteiger partial charge < -0.3 is 9.67 Å². The number of amides is 1. The zero-order valence-electron chi connectivity index (χ0n) is 13.2. The van der Waals surface area contributed by atoms with Gasteiger partial charge in [0.2, 0.25) is 0 Å². The Morgan fingerprint density at radius 3 is 2.32 bits per heavy atom. The SMILES string of the molecule is O=C(O)c1ccc(-n2cccc2/C=N\NC(=O)c2ccccc2)cc1. The highest BCUT2D eigenvalue weighted by Gasteiger charge is 2.05. The van der Waals surface area contributed by atoms with E-state index in [1.165, 1.54) is 18.3 Å². The average Bonchev–Trinajstić information content (AvgIpc) is 3.11. The summed E-state index contributed by atoms with van der Waals surface area (Å²) in [5.74, 6) is -1.26. The molecule has 0 atom stereocenters. The molecule has 0 aliphatic heterocycles. The highest BCUT2D eigenvalue weighted by molar-refractivity contribution is 5.94. The normalized spacial score (nSPS) is 10.7. The summed E-state index contributed by atoms with van der Waals surface area (Å²) in [6.07, 6.45) is 3.36. The summed E-state index contributed by atoms with van der Waals surface area (Å²) >= 11 is 0. The molecule has 0 fully saturated rings. The average molecular weight is 333 g/mol. The summed E-state index contributed by atoms with van der Waals surface area (Å²) in [6.45, 7) is 0. The molecule has 0 aliphatic rings. The lowest BCUT2D eigenvalue weighted by atomic mass is 10.2. The summed E-state index contributed by atoms with van der Waals surface area (Å²) in [4.78, 5) is 22.9. The number of hydrogen-bond acceptors (Lipinski definition) is 3. The van der Waals surface area contributed by atoms with Gasteiger partial charge in [0.25, 0.3) is 5.91 Å². The van der Waals surface area contributed by atoms with Crippen molar-refractivity contribution in [3.63, 3.8) is 0 Å². The summed E-state index contributed by atoms with van der Waals surface area (Å²) in [6, 6.07) is 19.0. The molecule has 2 aromatic carbocycles. The number of hydrazone groups is 1. The topological polar surface area (TPSA) is 83.7 Å². The molecule has 124 valence electrons. The number of carbonyl (C=O) groups is 2. The Morgan fingerprint density at radius 1 is 0.920 bits per heavy atom. The second-order valence-electron chi connectivity index (χ2n) is 5.22. The van der Waals surface area contributed by atoms with E-state index in [2.05, 4.69) is 10.5 Å². The van der Waals surface area contributed by atoms with E-state index < -0.39 is 5.97 Å². The van der Waals surface area contributed by atoms with Gasteiger partial charge in [-0.15, -0.1) is 0 Å². The van der Waals surface area contributed by atoms with E-state index in [1.54, 1.807) is 36.4 Å². The molecule has 1 amide bonds. The van der Waals surface area contributed by atoms with Crippen molar-refractivity contribution in [3.8, 4) is 5.69 Å². The third-order valence-corrected chi connectivity index (χ3v) is 3.57. The molecular weight excluding hydrogens is 318 g/mol. The number of hydrogen-bond donors (Lipinski definition) is 2. The summed E-state index contributed by atoms with van der Waals surface area (Å²) in [7, 11) is 0. The van der Waals surface area contributed by atoms with Crippen LogP contribution < -0.4 is 5.43 Å². The van der Waals surface area contributed by atoms with E-state index in [1.807, 2.05) is 29.0 Å². The van der Waals surface area contributed by atoms with Gasteiger partial charge in [-0.25, -0.2) is 10.2 Å². The van der Waals surface area contributed by atoms with Crippen molar-refractivity contribution in [1.29, 1.82) is 0 Å². The number of nitrogens with zero attached hydrogens (tertiary/aromatic N) is 2. The third-order valence-electron chi connectivity index (χ3n) is 3.57. The van der Waals surface area contributed by atoms with E-state index in [9.17, 15) is 9.59 Å². The maximum absolute atomic E-state index is 11.9. The first-order chi connectivity index (χ1) is 12.1. The number of nitrogens with one attached hydrogen (secondary N) is 1. The van der Waals surface area contributed by atoms with Gasteiger partial charge in [-0.1, -0.05) is 18.2 Å². The molecule has 0 saturated heterocycles. The molecule has 0 aliphatic carbocycles. The zero-order chi connectivity index (χ0) is 17.6. The lowest BCUT2D eigenvalue weighted by molar-refractivity contribution is 0.0696. The molecule has 1 aromatic heterocycles. The molecular formula is C19H15N3O3. The minimum absolute atomic E-state index is 0.223. The van der Waals surface area contributed by atoms with Gasteiger partial charge in [-0.05, 0) is 48.5 Å². The highest BCUT2D eigenvalue weighted by Crippen LogP contribution is 2.13. The zero-order valence-corrected chi connectivity index (χ0v) is 13.2. The van der Waals surface area contributed by atoms with Gasteiger partial charge in [-0.3, -0.25) is 4.79 Å². The molecule has 1 heterocycles. The Balaban J connectivity index is 1.73. The van der Waals surface area contributed by atoms with Crippen LogP contribution in [0.4, 0.5) is 0 Å². The van der Waals surface area contributed by atoms with Crippen molar-refractivity contribution in [2.75, 3.05) is 0 Å². The van der Waals surface area contributed by atoms with Gasteiger partial charge in [0.1, 0.15) is 0 Å². The van der Waals surface area contributed by atoms with Gasteiger partial charge in [0.15, 0.2) is 0 Å². The minimum atomic E-state index is -0.968. The predicted octanol–water partition coefficient (Wildman–Crippen LogP) is 2.94. The van der Waals surface area contributed by atoms with Crippen LogP contribution in [0.25, 0.3) is 5.69 Å². The lowest BCUT2D eigenvalue weighted by Gasteiger charge is -2.06. The molecule has 0 radical (unpaired) electrons. The maximum atomic E-state index is 11.9. The van der Waals surface area contributed by atoms with Crippen LogP contribution in [-0.2, 0) is 0 Å². The van der Waals surface area contributed by atoms with Gasteiger partial charge in [-0.2, -0.15) is 5.10 Å². The van der Waals surface area contributed by atoms with Crippen molar-refractivity contribution in [2.24, 2.45) is 5.10 Å². The van der Waals surface area contributed by atoms with Crippen LogP contribution in [0.2, 0.25) is 0 Å². The molecule has 3 aromatic rings. The molecule has 2 N–H and O–H groups in total. The van der Waals surface area contributed by atoms with Gasteiger partial charge >= 0.3 is 5.97 Å². The number of aromatic carboxylic acids is 1. The fourth-order valence-corrected chi connectivity index (χ4v) is 2.31. The van der Waals surface area contributed by atoms with Gasteiger partial charge in [0.05, 0.1) is 17.5 Å². The summed E-state index contributed by atoms with van der Waals surface area (Å²) < 4.78 is 1.84. The van der Waals surface area contributed by atoms with E-state index >= 15 is 0 Å². The van der Waals surface area contributed by atoms with E-state index in [0.29, 0.717) is 5.56 Å². The van der Waals surface area contributed by atoms with Gasteiger partial charge in [0, 0.05) is 17.4 Å². The van der Waals surface area contributed by atoms with Crippen LogP contribution in [0, 0.1) is 0 Å². The van der Waals surface area contributed by atoms with Crippen molar-refractivity contribution in [2.45, 2.75) is 0 Å². The number of aromatic nitrogens is 1. The smallest absolute Gasteiger partial charge is 0.335 e. The van der Waals surface area contributed by atoms with E-state index in [0.717, 1.165) is 11.4 Å². The third kappa shape index (κ3) is 3.81. The van der Waals surface area contributed by atoms with Crippen molar-refractivity contribution < 1.29 is 14.7 Å². The van der Waals surface area contributed by atoms with Crippen LogP contribution in [-0.4, -0.2) is 27.8 Å². The highest BCUT2D eigenvalue weighted by atomic mass is 16.4. The fourth-order valence-electron chi connectivity index (χ4n) is 2.31. The van der Waals surface area contributed by atoms with Crippen LogP contribution >= 0.6 is 0 Å². The molecule has 25 heavy (non-hydrogen) atoms. The number of carbonyl (C=O) groups excluding carboxylic acids is 1. The molecule has 0 spiro atoms. The summed E-state index contributed by atoms with van der Waals surface area (Å²) in [5.41, 5.74) is 4.77. The van der Waals surface area contributed by atoms with E-state index in [-0.39, 0.29) is 11.5 Å². The Labute approximate surface area is 144 Å². The second-order valence-corrected chi connectivity index (χ2v) is 5.22. The number of carboxylic acids is 1. The summed E-state index contributed by atoms with van der Waals surface area (Å²) in [5, 5.41) is 12.9. The molecule has 6 nitrogen and oxygen atoms in total. The monoisotopic (exact) mass is 333 g/mol. The maximum Gasteiger partial charge on any atom is 0.335 e. The Bertz CT molecular complexity index is 913. The van der Waals surface area contributed by atoms with Crippen LogP contribution in [0.15, 0.2) is 78.0 Å². The second kappa shape index (κ2) is 7.27. The Kier molecular flexibility index (Phi) is 4.71. The standard InChI is InChI=1S/C19H15N3O3/c23-18(14-5-2-1-3-6-14)21-20-13-17-7-4-12-22(17)16-10-8-15(9-11-16)19(24)25/h1-13H,(H,21,23)(H,24,25)/b20-13-. The van der Waals surface area contributed by atoms with Crippen LogP contribution in [0.5, 0.6) is 0 Å². The number of benzene rings is 2. The molecule has 0 unspecified atom stereocenters. The Hall–Kier alpha value is -3.67. The fraction of sp³-hybridized carbons (Fsp3) is 0. The molecule has 0 saturated carbocycles. The van der Waals surface area contributed by atoms with Crippen molar-refractivity contribution in [3.05, 3.63) is 89.7 Å². The van der Waals surface area contributed by atoms with Crippen molar-refractivity contribution >= 4 is 18.1 Å². The minimum Gasteiger partial charge on any atom is -0.478 e. The number of carboxylic acid groups (broad SMARTS) is 1. The first-order valence-corrected chi connectivity index (χ1v) is 7.55. The largest absolute Gasteiger partial charge is 0.478 e. The molecule has 6 heteroatoms. The van der Waals surface area contributed by atoms with Crippen LogP contribution in [0.3, 0.4) is 0 Å². The predicted molar refractivity (Wildman–Crippen MR) is 94.2 cm³/mol. The van der Waals surface area contributed by atoms with E-state index in [4.69, 9.17) is 5.11 Å². The first kappa shape index (κ1) is 16.2. The lowest BCUT2D eigenvalue weighted by Crippen LogP contribution is -2.17. The molecule has 3 rings (SSSR count). The van der Waals surface area contributed by atoms with Crippen molar-refractivity contribution in [1.82, 2.24) is 9.99 Å². The number of rotatable bonds is 5. The first-order valence-electron chi connectivity index (χ1n) is 7.55. The van der Waals surface area contributed by atoms with Crippen LogP contribution in [0.1, 0.15) is 26.4 Å². The Morgan fingerprint density at radius 2 is 1.64 bits per heavy atom.